The second-order valence-electron chi connectivity index (χ2n) is 7.17. The number of ether oxygens (including phenoxy) is 2. The average molecular weight is 349 g/mol. The molecule has 0 aliphatic carbocycles. The molecule has 0 radical (unpaired) electrons. The molecule has 138 valence electrons. The zero-order valence-corrected chi connectivity index (χ0v) is 15.3. The van der Waals surface area contributed by atoms with E-state index in [-0.39, 0.29) is 11.9 Å². The smallest absolute Gasteiger partial charge is 0.407 e. The second-order valence-corrected chi connectivity index (χ2v) is 7.17. The fourth-order valence-electron chi connectivity index (χ4n) is 2.75. The van der Waals surface area contributed by atoms with E-state index in [9.17, 15) is 9.59 Å². The summed E-state index contributed by atoms with van der Waals surface area (Å²) in [5, 5.41) is 2.86. The lowest BCUT2D eigenvalue weighted by atomic mass is 10.0. The van der Waals surface area contributed by atoms with Gasteiger partial charge >= 0.3 is 6.09 Å². The number of hydrogen-bond acceptors (Lipinski definition) is 5. The number of carbonyl (C=O) groups excluding carboxylic acids is 2. The fourth-order valence-corrected chi connectivity index (χ4v) is 2.75. The largest absolute Gasteiger partial charge is 0.495 e. The molecule has 2 amide bonds. The van der Waals surface area contributed by atoms with E-state index in [1.165, 1.54) is 7.11 Å². The molecule has 0 bridgehead atoms. The zero-order chi connectivity index (χ0) is 18.6. The van der Waals surface area contributed by atoms with Gasteiger partial charge in [-0.1, -0.05) is 0 Å². The molecule has 7 nitrogen and oxygen atoms in total. The van der Waals surface area contributed by atoms with Gasteiger partial charge in [0.1, 0.15) is 11.4 Å². The number of hydrogen-bond donors (Lipinski definition) is 2. The maximum atomic E-state index is 12.6. The van der Waals surface area contributed by atoms with Crippen molar-refractivity contribution in [1.82, 2.24) is 10.2 Å². The third-order valence-electron chi connectivity index (χ3n) is 3.98. The SMILES string of the molecule is COc1ccc(C(=O)N2CCC(NC(=O)OC(C)(C)C)CC2)cc1N. The zero-order valence-electron chi connectivity index (χ0n) is 15.3. The van der Waals surface area contributed by atoms with Crippen molar-refractivity contribution >= 4 is 17.7 Å². The summed E-state index contributed by atoms with van der Waals surface area (Å²) in [6.07, 6.45) is 0.966. The average Bonchev–Trinajstić information content (AvgIpc) is 2.53. The highest BCUT2D eigenvalue weighted by atomic mass is 16.6. The molecule has 1 heterocycles. The minimum atomic E-state index is -0.519. The van der Waals surface area contributed by atoms with Gasteiger partial charge in [-0.15, -0.1) is 0 Å². The standard InChI is InChI=1S/C18H27N3O4/c1-18(2,3)25-17(23)20-13-7-9-21(10-8-13)16(22)12-5-6-15(24-4)14(19)11-12/h5-6,11,13H,7-10,19H2,1-4H3,(H,20,23). The molecule has 0 atom stereocenters. The monoisotopic (exact) mass is 349 g/mol. The number of nitrogen functional groups attached to an aromatic ring is 1. The number of anilines is 1. The van der Waals surface area contributed by atoms with E-state index >= 15 is 0 Å². The Bertz CT molecular complexity index is 632. The summed E-state index contributed by atoms with van der Waals surface area (Å²) in [6, 6.07) is 5.05. The van der Waals surface area contributed by atoms with Gasteiger partial charge in [-0.2, -0.15) is 0 Å². The minimum absolute atomic E-state index is 0.0137. The molecule has 1 aliphatic rings. The first-order valence-electron chi connectivity index (χ1n) is 8.42. The first kappa shape index (κ1) is 18.9. The van der Waals surface area contributed by atoms with Crippen LogP contribution in [-0.4, -0.2) is 48.7 Å². The van der Waals surface area contributed by atoms with Gasteiger partial charge in [0.05, 0.1) is 12.8 Å². The van der Waals surface area contributed by atoms with Crippen molar-refractivity contribution in [1.29, 1.82) is 0 Å². The van der Waals surface area contributed by atoms with Gasteiger partial charge < -0.3 is 25.4 Å². The highest BCUT2D eigenvalue weighted by molar-refractivity contribution is 5.95. The summed E-state index contributed by atoms with van der Waals surface area (Å²) >= 11 is 0. The Kier molecular flexibility index (Phi) is 5.77. The molecule has 3 N–H and O–H groups in total. The van der Waals surface area contributed by atoms with E-state index in [0.29, 0.717) is 42.9 Å². The molecule has 0 saturated carbocycles. The predicted molar refractivity (Wildman–Crippen MR) is 95.7 cm³/mol. The molecule has 1 fully saturated rings. The van der Waals surface area contributed by atoms with E-state index < -0.39 is 11.7 Å². The number of likely N-dealkylation sites (tertiary alicyclic amines) is 1. The van der Waals surface area contributed by atoms with Crippen molar-refractivity contribution in [2.24, 2.45) is 0 Å². The lowest BCUT2D eigenvalue weighted by Crippen LogP contribution is -2.47. The summed E-state index contributed by atoms with van der Waals surface area (Å²) in [6.45, 7) is 6.63. The first-order chi connectivity index (χ1) is 11.7. The van der Waals surface area contributed by atoms with Gasteiger partial charge in [-0.05, 0) is 51.8 Å². The quantitative estimate of drug-likeness (QED) is 0.817. The number of nitrogens with zero attached hydrogens (tertiary/aromatic N) is 1. The van der Waals surface area contributed by atoms with Crippen LogP contribution < -0.4 is 15.8 Å². The van der Waals surface area contributed by atoms with Crippen molar-refractivity contribution in [3.8, 4) is 5.75 Å². The van der Waals surface area contributed by atoms with Crippen LogP contribution in [0.25, 0.3) is 0 Å². The summed E-state index contributed by atoms with van der Waals surface area (Å²) in [5.74, 6) is 0.488. The van der Waals surface area contributed by atoms with Crippen LogP contribution in [0, 0.1) is 0 Å². The number of methoxy groups -OCH3 is 1. The lowest BCUT2D eigenvalue weighted by Gasteiger charge is -2.33. The number of nitrogens with two attached hydrogens (primary N) is 1. The van der Waals surface area contributed by atoms with E-state index in [1.807, 2.05) is 20.8 Å². The Morgan fingerprint density at radius 2 is 1.88 bits per heavy atom. The molecular formula is C18H27N3O4. The number of carbonyl (C=O) groups is 2. The molecule has 1 saturated heterocycles. The maximum absolute atomic E-state index is 12.6. The highest BCUT2D eigenvalue weighted by Crippen LogP contribution is 2.23. The molecule has 1 aliphatic heterocycles. The Balaban J connectivity index is 1.88. The molecular weight excluding hydrogens is 322 g/mol. The Morgan fingerprint density at radius 1 is 1.24 bits per heavy atom. The van der Waals surface area contributed by atoms with Crippen LogP contribution >= 0.6 is 0 Å². The van der Waals surface area contributed by atoms with Gasteiger partial charge in [0.2, 0.25) is 0 Å². The molecule has 0 aromatic heterocycles. The fraction of sp³-hybridized carbons (Fsp3) is 0.556. The maximum Gasteiger partial charge on any atom is 0.407 e. The number of benzene rings is 1. The van der Waals surface area contributed by atoms with Gasteiger partial charge in [-0.3, -0.25) is 4.79 Å². The Morgan fingerprint density at radius 3 is 2.40 bits per heavy atom. The Hall–Kier alpha value is -2.44. The van der Waals surface area contributed by atoms with Crippen LogP contribution in [0.15, 0.2) is 18.2 Å². The number of amides is 2. The van der Waals surface area contributed by atoms with Crippen LogP contribution in [0.2, 0.25) is 0 Å². The number of nitrogens with one attached hydrogen (secondary N) is 1. The summed E-state index contributed by atoms with van der Waals surface area (Å²) in [7, 11) is 1.54. The molecule has 1 aromatic rings. The van der Waals surface area contributed by atoms with Gasteiger partial charge in [0, 0.05) is 24.7 Å². The van der Waals surface area contributed by atoms with E-state index in [4.69, 9.17) is 15.2 Å². The minimum Gasteiger partial charge on any atom is -0.495 e. The molecule has 0 spiro atoms. The Labute approximate surface area is 148 Å². The summed E-state index contributed by atoms with van der Waals surface area (Å²) in [4.78, 5) is 26.2. The molecule has 25 heavy (non-hydrogen) atoms. The lowest BCUT2D eigenvalue weighted by molar-refractivity contribution is 0.0473. The van der Waals surface area contributed by atoms with E-state index in [0.717, 1.165) is 0 Å². The molecule has 0 unspecified atom stereocenters. The van der Waals surface area contributed by atoms with Crippen molar-refractivity contribution in [3.63, 3.8) is 0 Å². The van der Waals surface area contributed by atoms with Gasteiger partial charge in [0.15, 0.2) is 0 Å². The van der Waals surface area contributed by atoms with Crippen molar-refractivity contribution < 1.29 is 19.1 Å². The van der Waals surface area contributed by atoms with E-state index in [2.05, 4.69) is 5.32 Å². The number of rotatable bonds is 3. The van der Waals surface area contributed by atoms with Crippen LogP contribution in [0.1, 0.15) is 44.0 Å². The highest BCUT2D eigenvalue weighted by Gasteiger charge is 2.26. The molecule has 7 heteroatoms. The van der Waals surface area contributed by atoms with Crippen LogP contribution in [0.4, 0.5) is 10.5 Å². The van der Waals surface area contributed by atoms with Crippen molar-refractivity contribution in [2.75, 3.05) is 25.9 Å². The van der Waals surface area contributed by atoms with Gasteiger partial charge in [0.25, 0.3) is 5.91 Å². The normalized spacial score (nSPS) is 15.6. The number of alkyl carbamates (subject to hydrolysis) is 1. The van der Waals surface area contributed by atoms with Crippen molar-refractivity contribution in [3.05, 3.63) is 23.8 Å². The van der Waals surface area contributed by atoms with E-state index in [1.54, 1.807) is 23.1 Å². The predicted octanol–water partition coefficient (Wildman–Crippen LogP) is 2.41. The molecule has 1 aromatic carbocycles. The summed E-state index contributed by atoms with van der Waals surface area (Å²) < 4.78 is 10.4. The number of piperidine rings is 1. The van der Waals surface area contributed by atoms with Gasteiger partial charge in [-0.25, -0.2) is 4.79 Å². The topological polar surface area (TPSA) is 93.9 Å². The second kappa shape index (κ2) is 7.63. The van der Waals surface area contributed by atoms with Crippen molar-refractivity contribution in [2.45, 2.75) is 45.3 Å². The van der Waals surface area contributed by atoms with Crippen LogP contribution in [-0.2, 0) is 4.74 Å². The summed E-state index contributed by atoms with van der Waals surface area (Å²) in [5.41, 5.74) is 6.33. The first-order valence-corrected chi connectivity index (χ1v) is 8.42. The molecule has 2 rings (SSSR count). The third-order valence-corrected chi connectivity index (χ3v) is 3.98. The van der Waals surface area contributed by atoms with Crippen LogP contribution in [0.3, 0.4) is 0 Å². The van der Waals surface area contributed by atoms with Crippen LogP contribution in [0.5, 0.6) is 5.75 Å². The third kappa shape index (κ3) is 5.27.